The summed E-state index contributed by atoms with van der Waals surface area (Å²) >= 11 is 5.37. The summed E-state index contributed by atoms with van der Waals surface area (Å²) in [4.78, 5) is 2.42. The molecule has 4 heteroatoms. The quantitative estimate of drug-likeness (QED) is 0.829. The standard InChI is InChI=1S/C14H23BrN2S/c1-4-13(10-18-3)17(2)14(9-16)11-5-7-12(15)8-6-11/h5-8,13-14H,4,9-10,16H2,1-3H3. The predicted octanol–water partition coefficient (Wildman–Crippen LogP) is 3.52. The number of hydrogen-bond acceptors (Lipinski definition) is 3. The van der Waals surface area contributed by atoms with Gasteiger partial charge < -0.3 is 5.73 Å². The Hall–Kier alpha value is -0.0300. The van der Waals surface area contributed by atoms with E-state index in [0.717, 1.165) is 16.6 Å². The minimum atomic E-state index is 0.301. The molecule has 0 bridgehead atoms. The number of likely N-dealkylation sites (N-methyl/N-ethyl adjacent to an activating group) is 1. The van der Waals surface area contributed by atoms with Crippen molar-refractivity contribution in [2.75, 3.05) is 25.6 Å². The third-order valence-electron chi connectivity index (χ3n) is 3.38. The van der Waals surface area contributed by atoms with Gasteiger partial charge in [0.05, 0.1) is 0 Å². The van der Waals surface area contributed by atoms with Gasteiger partial charge in [0.2, 0.25) is 0 Å². The lowest BCUT2D eigenvalue weighted by atomic mass is 10.0. The van der Waals surface area contributed by atoms with Crippen LogP contribution in [0.4, 0.5) is 0 Å². The summed E-state index contributed by atoms with van der Waals surface area (Å²) in [6.45, 7) is 2.90. The first-order chi connectivity index (χ1) is 8.63. The van der Waals surface area contributed by atoms with Crippen molar-refractivity contribution in [3.8, 4) is 0 Å². The van der Waals surface area contributed by atoms with Crippen LogP contribution in [0.3, 0.4) is 0 Å². The van der Waals surface area contributed by atoms with Crippen molar-refractivity contribution in [3.63, 3.8) is 0 Å². The molecule has 2 atom stereocenters. The average Bonchev–Trinajstić information content (AvgIpc) is 2.38. The molecule has 0 aliphatic rings. The smallest absolute Gasteiger partial charge is 0.0470 e. The van der Waals surface area contributed by atoms with Crippen molar-refractivity contribution in [1.29, 1.82) is 0 Å². The molecular formula is C14H23BrN2S. The van der Waals surface area contributed by atoms with Crippen molar-refractivity contribution in [2.24, 2.45) is 5.73 Å². The Balaban J connectivity index is 2.84. The summed E-state index contributed by atoms with van der Waals surface area (Å²) in [6.07, 6.45) is 3.32. The highest BCUT2D eigenvalue weighted by Crippen LogP contribution is 2.24. The normalized spacial score (nSPS) is 14.8. The average molecular weight is 331 g/mol. The minimum absolute atomic E-state index is 0.301. The number of benzene rings is 1. The van der Waals surface area contributed by atoms with Crippen molar-refractivity contribution in [2.45, 2.75) is 25.4 Å². The van der Waals surface area contributed by atoms with Gasteiger partial charge in [-0.25, -0.2) is 0 Å². The van der Waals surface area contributed by atoms with Gasteiger partial charge in [0, 0.05) is 28.9 Å². The third kappa shape index (κ3) is 4.26. The van der Waals surface area contributed by atoms with Crippen LogP contribution in [-0.4, -0.2) is 36.5 Å². The van der Waals surface area contributed by atoms with Crippen molar-refractivity contribution in [1.82, 2.24) is 4.90 Å². The molecule has 0 aromatic heterocycles. The van der Waals surface area contributed by atoms with Crippen LogP contribution in [0, 0.1) is 0 Å². The zero-order chi connectivity index (χ0) is 13.5. The molecule has 0 saturated carbocycles. The van der Waals surface area contributed by atoms with Crippen LogP contribution in [0.2, 0.25) is 0 Å². The zero-order valence-corrected chi connectivity index (χ0v) is 13.8. The van der Waals surface area contributed by atoms with Gasteiger partial charge in [-0.2, -0.15) is 11.8 Å². The first kappa shape index (κ1) is 16.0. The fraction of sp³-hybridized carbons (Fsp3) is 0.571. The molecule has 0 spiro atoms. The fourth-order valence-corrected chi connectivity index (χ4v) is 3.31. The van der Waals surface area contributed by atoms with Gasteiger partial charge in [0.15, 0.2) is 0 Å². The molecule has 0 aliphatic carbocycles. The lowest BCUT2D eigenvalue weighted by molar-refractivity contribution is 0.188. The van der Waals surface area contributed by atoms with Crippen LogP contribution < -0.4 is 5.73 Å². The van der Waals surface area contributed by atoms with Crippen LogP contribution in [0.25, 0.3) is 0 Å². The lowest BCUT2D eigenvalue weighted by Gasteiger charge is -2.34. The Morgan fingerprint density at radius 1 is 1.33 bits per heavy atom. The van der Waals surface area contributed by atoms with E-state index in [1.165, 1.54) is 5.56 Å². The number of rotatable bonds is 7. The molecule has 102 valence electrons. The molecule has 0 amide bonds. The van der Waals surface area contributed by atoms with Gasteiger partial charge in [-0.1, -0.05) is 35.0 Å². The number of nitrogens with zero attached hydrogens (tertiary/aromatic N) is 1. The van der Waals surface area contributed by atoms with Crippen LogP contribution in [-0.2, 0) is 0 Å². The number of nitrogens with two attached hydrogens (primary N) is 1. The van der Waals surface area contributed by atoms with Gasteiger partial charge in [0.25, 0.3) is 0 Å². The largest absolute Gasteiger partial charge is 0.329 e. The summed E-state index contributed by atoms with van der Waals surface area (Å²) in [5, 5.41) is 0. The topological polar surface area (TPSA) is 29.3 Å². The van der Waals surface area contributed by atoms with Crippen molar-refractivity contribution >= 4 is 27.7 Å². The Kier molecular flexibility index (Phi) is 7.30. The zero-order valence-electron chi connectivity index (χ0n) is 11.4. The van der Waals surface area contributed by atoms with E-state index >= 15 is 0 Å². The van der Waals surface area contributed by atoms with Gasteiger partial charge in [0.1, 0.15) is 0 Å². The maximum atomic E-state index is 5.97. The van der Waals surface area contributed by atoms with E-state index in [0.29, 0.717) is 18.6 Å². The van der Waals surface area contributed by atoms with Gasteiger partial charge >= 0.3 is 0 Å². The van der Waals surface area contributed by atoms with E-state index in [1.807, 2.05) is 11.8 Å². The molecule has 0 heterocycles. The Bertz CT molecular complexity index is 342. The van der Waals surface area contributed by atoms with Gasteiger partial charge in [-0.05, 0) is 37.4 Å². The number of halogens is 1. The van der Waals surface area contributed by atoms with E-state index < -0.39 is 0 Å². The molecule has 2 nitrogen and oxygen atoms in total. The molecular weight excluding hydrogens is 308 g/mol. The summed E-state index contributed by atoms with van der Waals surface area (Å²) in [6, 6.07) is 9.36. The van der Waals surface area contributed by atoms with E-state index in [4.69, 9.17) is 5.73 Å². The monoisotopic (exact) mass is 330 g/mol. The molecule has 1 aromatic rings. The Morgan fingerprint density at radius 2 is 1.94 bits per heavy atom. The molecule has 1 rings (SSSR count). The Labute approximate surface area is 123 Å². The van der Waals surface area contributed by atoms with Gasteiger partial charge in [-0.15, -0.1) is 0 Å². The second-order valence-corrected chi connectivity index (χ2v) is 6.31. The highest BCUT2D eigenvalue weighted by atomic mass is 79.9. The van der Waals surface area contributed by atoms with Crippen LogP contribution in [0.15, 0.2) is 28.7 Å². The molecule has 2 unspecified atom stereocenters. The van der Waals surface area contributed by atoms with Gasteiger partial charge in [-0.3, -0.25) is 4.90 Å². The number of thioether (sulfide) groups is 1. The summed E-state index contributed by atoms with van der Waals surface area (Å²) in [5.74, 6) is 1.15. The summed E-state index contributed by atoms with van der Waals surface area (Å²) in [5.41, 5.74) is 7.27. The highest BCUT2D eigenvalue weighted by Gasteiger charge is 2.21. The molecule has 0 fully saturated rings. The summed E-state index contributed by atoms with van der Waals surface area (Å²) < 4.78 is 1.11. The van der Waals surface area contributed by atoms with Crippen LogP contribution in [0.5, 0.6) is 0 Å². The molecule has 0 saturated heterocycles. The molecule has 1 aromatic carbocycles. The fourth-order valence-electron chi connectivity index (χ4n) is 2.19. The third-order valence-corrected chi connectivity index (χ3v) is 4.62. The first-order valence-corrected chi connectivity index (χ1v) is 8.49. The van der Waals surface area contributed by atoms with E-state index in [-0.39, 0.29) is 0 Å². The van der Waals surface area contributed by atoms with Crippen LogP contribution >= 0.6 is 27.7 Å². The lowest BCUT2D eigenvalue weighted by Crippen LogP contribution is -2.39. The van der Waals surface area contributed by atoms with Crippen molar-refractivity contribution in [3.05, 3.63) is 34.3 Å². The van der Waals surface area contributed by atoms with Crippen LogP contribution in [0.1, 0.15) is 24.9 Å². The summed E-state index contributed by atoms with van der Waals surface area (Å²) in [7, 11) is 2.18. The first-order valence-electron chi connectivity index (χ1n) is 6.30. The van der Waals surface area contributed by atoms with Crippen molar-refractivity contribution < 1.29 is 0 Å². The number of hydrogen-bond donors (Lipinski definition) is 1. The molecule has 2 N–H and O–H groups in total. The second-order valence-electron chi connectivity index (χ2n) is 4.49. The predicted molar refractivity (Wildman–Crippen MR) is 86.2 cm³/mol. The molecule has 0 aliphatic heterocycles. The molecule has 18 heavy (non-hydrogen) atoms. The van der Waals surface area contributed by atoms with E-state index in [9.17, 15) is 0 Å². The maximum Gasteiger partial charge on any atom is 0.0470 e. The van der Waals surface area contributed by atoms with E-state index in [1.54, 1.807) is 0 Å². The highest BCUT2D eigenvalue weighted by molar-refractivity contribution is 9.10. The minimum Gasteiger partial charge on any atom is -0.329 e. The SMILES string of the molecule is CCC(CSC)N(C)C(CN)c1ccc(Br)cc1. The Morgan fingerprint density at radius 3 is 2.39 bits per heavy atom. The second kappa shape index (κ2) is 8.20. The van der Waals surface area contributed by atoms with E-state index in [2.05, 4.69) is 65.3 Å². The maximum absolute atomic E-state index is 5.97. The molecule has 0 radical (unpaired) electrons.